The molecule has 1 amide bonds. The molecule has 5 nitrogen and oxygen atoms in total. The molecule has 0 atom stereocenters. The lowest BCUT2D eigenvalue weighted by atomic mass is 10.2. The van der Waals surface area contributed by atoms with E-state index in [0.29, 0.717) is 12.0 Å². The van der Waals surface area contributed by atoms with Crippen LogP contribution in [0.25, 0.3) is 0 Å². The molecule has 21 heavy (non-hydrogen) atoms. The molecule has 2 aromatic carbocycles. The number of anilines is 1. The first-order chi connectivity index (χ1) is 10.3. The molecule has 2 aromatic rings. The van der Waals surface area contributed by atoms with Crippen LogP contribution in [0.4, 0.5) is 11.4 Å². The summed E-state index contributed by atoms with van der Waals surface area (Å²) in [6, 6.07) is 16.9. The Bertz CT molecular complexity index is 667. The smallest absolute Gasteiger partial charge is 0.269 e. The number of benzene rings is 2. The Labute approximate surface area is 123 Å². The third kappa shape index (κ3) is 3.20. The number of hydrogen-bond donors (Lipinski definition) is 3. The van der Waals surface area contributed by atoms with Crippen molar-refractivity contribution in [3.05, 3.63) is 60.2 Å². The van der Waals surface area contributed by atoms with Gasteiger partial charge in [-0.3, -0.25) is 15.6 Å². The summed E-state index contributed by atoms with van der Waals surface area (Å²) in [5.41, 5.74) is 8.07. The maximum absolute atomic E-state index is 12.0. The maximum atomic E-state index is 12.0. The number of nitrogens with one attached hydrogen (secondary N) is 3. The van der Waals surface area contributed by atoms with Crippen molar-refractivity contribution in [2.75, 3.05) is 11.9 Å². The van der Waals surface area contributed by atoms with E-state index < -0.39 is 0 Å². The minimum atomic E-state index is -0.177. The molecule has 0 aliphatic carbocycles. The number of rotatable bonds is 1. The number of hydrazine groups is 1. The fraction of sp³-hybridized carbons (Fsp3) is 0.125. The van der Waals surface area contributed by atoms with Crippen LogP contribution in [-0.4, -0.2) is 18.3 Å². The lowest BCUT2D eigenvalue weighted by molar-refractivity contribution is 0.0943. The molecular weight excluding hydrogens is 264 g/mol. The van der Waals surface area contributed by atoms with Gasteiger partial charge in [-0.15, -0.1) is 0 Å². The minimum Gasteiger partial charge on any atom is -0.383 e. The monoisotopic (exact) mass is 280 g/mol. The number of nitrogens with zero attached hydrogens (tertiary/aromatic N) is 1. The summed E-state index contributed by atoms with van der Waals surface area (Å²) in [5.74, 6) is 0.556. The molecule has 0 bridgehead atoms. The molecule has 0 saturated carbocycles. The Kier molecular flexibility index (Phi) is 3.82. The molecule has 5 heteroatoms. The van der Waals surface area contributed by atoms with Gasteiger partial charge in [-0.2, -0.15) is 0 Å². The summed E-state index contributed by atoms with van der Waals surface area (Å²) in [5, 5.41) is 3.31. The highest BCUT2D eigenvalue weighted by Crippen LogP contribution is 2.26. The summed E-state index contributed by atoms with van der Waals surface area (Å²) >= 11 is 0. The zero-order valence-corrected chi connectivity index (χ0v) is 11.5. The topological polar surface area (TPSA) is 65.5 Å². The van der Waals surface area contributed by atoms with Gasteiger partial charge in [0.2, 0.25) is 0 Å². The van der Waals surface area contributed by atoms with Crippen molar-refractivity contribution in [2.24, 2.45) is 4.99 Å². The Hall–Kier alpha value is -2.82. The molecule has 0 saturated heterocycles. The van der Waals surface area contributed by atoms with E-state index in [1.54, 1.807) is 12.1 Å². The van der Waals surface area contributed by atoms with E-state index in [9.17, 15) is 4.79 Å². The number of fused-ring (bicyclic) bond motifs is 1. The van der Waals surface area contributed by atoms with Gasteiger partial charge in [0.15, 0.2) is 0 Å². The van der Waals surface area contributed by atoms with Gasteiger partial charge in [-0.25, -0.2) is 4.99 Å². The fourth-order valence-corrected chi connectivity index (χ4v) is 2.12. The average molecular weight is 280 g/mol. The molecular formula is C16H16N4O. The minimum absolute atomic E-state index is 0.177. The van der Waals surface area contributed by atoms with E-state index in [4.69, 9.17) is 0 Å². The van der Waals surface area contributed by atoms with Gasteiger partial charge in [0, 0.05) is 18.5 Å². The van der Waals surface area contributed by atoms with Crippen LogP contribution in [0.3, 0.4) is 0 Å². The SMILES string of the molecule is O=C(NNC1=Nc2ccccc2NCC1)c1ccccc1. The van der Waals surface area contributed by atoms with Crippen LogP contribution in [0.2, 0.25) is 0 Å². The standard InChI is InChI=1S/C16H16N4O/c21-16(12-6-2-1-3-7-12)20-19-15-10-11-17-13-8-4-5-9-14(13)18-15/h1-9,17H,10-11H2,(H,18,19)(H,20,21). The van der Waals surface area contributed by atoms with E-state index >= 15 is 0 Å². The number of aliphatic imine (C=N–C) groups is 1. The molecule has 106 valence electrons. The predicted molar refractivity (Wildman–Crippen MR) is 83.7 cm³/mol. The largest absolute Gasteiger partial charge is 0.383 e. The summed E-state index contributed by atoms with van der Waals surface area (Å²) < 4.78 is 0. The maximum Gasteiger partial charge on any atom is 0.269 e. The van der Waals surface area contributed by atoms with Crippen molar-refractivity contribution in [1.82, 2.24) is 10.9 Å². The number of para-hydroxylation sites is 2. The number of amides is 1. The van der Waals surface area contributed by atoms with Crippen LogP contribution in [0, 0.1) is 0 Å². The van der Waals surface area contributed by atoms with Gasteiger partial charge in [-0.05, 0) is 24.3 Å². The molecule has 0 radical (unpaired) electrons. The van der Waals surface area contributed by atoms with Crippen molar-refractivity contribution in [1.29, 1.82) is 0 Å². The molecule has 0 fully saturated rings. The van der Waals surface area contributed by atoms with Gasteiger partial charge in [0.1, 0.15) is 5.84 Å². The quantitative estimate of drug-likeness (QED) is 0.703. The zero-order chi connectivity index (χ0) is 14.5. The summed E-state index contributed by atoms with van der Waals surface area (Å²) in [7, 11) is 0. The molecule has 0 aromatic heterocycles. The van der Waals surface area contributed by atoms with Crippen LogP contribution in [-0.2, 0) is 0 Å². The second-order valence-electron chi connectivity index (χ2n) is 4.70. The lowest BCUT2D eigenvalue weighted by Gasteiger charge is -2.09. The zero-order valence-electron chi connectivity index (χ0n) is 11.5. The van der Waals surface area contributed by atoms with E-state index in [1.165, 1.54) is 0 Å². The summed E-state index contributed by atoms with van der Waals surface area (Å²) in [6.45, 7) is 0.768. The highest BCUT2D eigenvalue weighted by atomic mass is 16.2. The molecule has 1 heterocycles. The van der Waals surface area contributed by atoms with Crippen molar-refractivity contribution < 1.29 is 4.79 Å². The number of carbonyl (C=O) groups excluding carboxylic acids is 1. The van der Waals surface area contributed by atoms with Gasteiger partial charge < -0.3 is 5.32 Å². The van der Waals surface area contributed by atoms with E-state index in [0.717, 1.165) is 23.8 Å². The molecule has 0 spiro atoms. The van der Waals surface area contributed by atoms with Crippen molar-refractivity contribution in [2.45, 2.75) is 6.42 Å². The van der Waals surface area contributed by atoms with Crippen molar-refractivity contribution in [3.8, 4) is 0 Å². The lowest BCUT2D eigenvalue weighted by Crippen LogP contribution is -2.42. The molecule has 1 aliphatic rings. The normalized spacial score (nSPS) is 13.2. The van der Waals surface area contributed by atoms with Crippen LogP contribution < -0.4 is 16.2 Å². The highest BCUT2D eigenvalue weighted by Gasteiger charge is 2.10. The molecule has 3 rings (SSSR count). The Morgan fingerprint density at radius 2 is 1.81 bits per heavy atom. The van der Waals surface area contributed by atoms with Crippen molar-refractivity contribution >= 4 is 23.1 Å². The first kappa shape index (κ1) is 13.2. The number of amidine groups is 1. The average Bonchev–Trinajstić information content (AvgIpc) is 2.75. The van der Waals surface area contributed by atoms with Crippen LogP contribution in [0.5, 0.6) is 0 Å². The summed E-state index contributed by atoms with van der Waals surface area (Å²) in [6.07, 6.45) is 0.712. The fourth-order valence-electron chi connectivity index (χ4n) is 2.12. The second kappa shape index (κ2) is 6.09. The van der Waals surface area contributed by atoms with Crippen LogP contribution >= 0.6 is 0 Å². The number of carbonyl (C=O) groups is 1. The Morgan fingerprint density at radius 3 is 2.67 bits per heavy atom. The first-order valence-corrected chi connectivity index (χ1v) is 6.85. The third-order valence-corrected chi connectivity index (χ3v) is 3.19. The van der Waals surface area contributed by atoms with Crippen LogP contribution in [0.1, 0.15) is 16.8 Å². The summed E-state index contributed by atoms with van der Waals surface area (Å²) in [4.78, 5) is 16.5. The Balaban J connectivity index is 1.68. The third-order valence-electron chi connectivity index (χ3n) is 3.19. The predicted octanol–water partition coefficient (Wildman–Crippen LogP) is 2.47. The first-order valence-electron chi connectivity index (χ1n) is 6.85. The molecule has 0 unspecified atom stereocenters. The second-order valence-corrected chi connectivity index (χ2v) is 4.70. The molecule has 1 aliphatic heterocycles. The van der Waals surface area contributed by atoms with E-state index in [-0.39, 0.29) is 5.91 Å². The Morgan fingerprint density at radius 1 is 1.05 bits per heavy atom. The van der Waals surface area contributed by atoms with Gasteiger partial charge in [0.25, 0.3) is 5.91 Å². The van der Waals surface area contributed by atoms with Gasteiger partial charge >= 0.3 is 0 Å². The highest BCUT2D eigenvalue weighted by molar-refractivity contribution is 5.96. The van der Waals surface area contributed by atoms with Crippen LogP contribution in [0.15, 0.2) is 59.6 Å². The molecule has 3 N–H and O–H groups in total. The van der Waals surface area contributed by atoms with E-state index in [2.05, 4.69) is 21.2 Å². The van der Waals surface area contributed by atoms with E-state index in [1.807, 2.05) is 42.5 Å². The van der Waals surface area contributed by atoms with Gasteiger partial charge in [-0.1, -0.05) is 30.3 Å². The number of hydrogen-bond acceptors (Lipinski definition) is 4. The van der Waals surface area contributed by atoms with Gasteiger partial charge in [0.05, 0.1) is 11.4 Å². The van der Waals surface area contributed by atoms with Crippen molar-refractivity contribution in [3.63, 3.8) is 0 Å².